The highest BCUT2D eigenvalue weighted by Crippen LogP contribution is 2.28. The largest absolute Gasteiger partial charge is 0.493 e. The number of amides is 1. The lowest BCUT2D eigenvalue weighted by Gasteiger charge is -2.36. The molecule has 0 saturated carbocycles. The predicted molar refractivity (Wildman–Crippen MR) is 116 cm³/mol. The summed E-state index contributed by atoms with van der Waals surface area (Å²) in [6.07, 6.45) is 0. The number of hydrogen-bond acceptors (Lipinski definition) is 5. The van der Waals surface area contributed by atoms with Crippen LogP contribution in [0.2, 0.25) is 0 Å². The number of carbonyl (C=O) groups excluding carboxylic acids is 1. The van der Waals surface area contributed by atoms with Crippen molar-refractivity contribution in [2.75, 3.05) is 53.5 Å². The van der Waals surface area contributed by atoms with Crippen LogP contribution < -0.4 is 20.1 Å². The van der Waals surface area contributed by atoms with Crippen LogP contribution in [-0.4, -0.2) is 81.2 Å². The lowest BCUT2D eigenvalue weighted by Crippen LogP contribution is -2.54. The highest BCUT2D eigenvalue weighted by molar-refractivity contribution is 5.80. The van der Waals surface area contributed by atoms with E-state index in [4.69, 9.17) is 9.47 Å². The van der Waals surface area contributed by atoms with Gasteiger partial charge in [0.25, 0.3) is 0 Å². The number of rotatable bonds is 8. The second-order valence-electron chi connectivity index (χ2n) is 7.30. The molecule has 0 aromatic heterocycles. The number of aliphatic imine (C=N–C) groups is 1. The van der Waals surface area contributed by atoms with Gasteiger partial charge in [0.15, 0.2) is 17.5 Å². The van der Waals surface area contributed by atoms with E-state index in [1.54, 1.807) is 14.2 Å². The van der Waals surface area contributed by atoms with Crippen molar-refractivity contribution in [3.05, 3.63) is 23.8 Å². The van der Waals surface area contributed by atoms with Crippen LogP contribution in [-0.2, 0) is 11.3 Å². The fourth-order valence-corrected chi connectivity index (χ4v) is 3.30. The molecule has 1 aromatic carbocycles. The molecule has 8 nitrogen and oxygen atoms in total. The zero-order chi connectivity index (χ0) is 21.2. The summed E-state index contributed by atoms with van der Waals surface area (Å²) >= 11 is 0. The fraction of sp³-hybridized carbons (Fsp3) is 0.619. The average molecular weight is 406 g/mol. The molecule has 29 heavy (non-hydrogen) atoms. The maximum atomic E-state index is 12.0. The molecule has 1 heterocycles. The van der Waals surface area contributed by atoms with Crippen LogP contribution in [0.3, 0.4) is 0 Å². The van der Waals surface area contributed by atoms with Crippen molar-refractivity contribution in [3.8, 4) is 11.5 Å². The van der Waals surface area contributed by atoms with Crippen molar-refractivity contribution in [2.45, 2.75) is 33.4 Å². The summed E-state index contributed by atoms with van der Waals surface area (Å²) in [5.74, 6) is 2.43. The zero-order valence-electron chi connectivity index (χ0n) is 18.3. The topological polar surface area (TPSA) is 78.4 Å². The fourth-order valence-electron chi connectivity index (χ4n) is 3.30. The first kappa shape index (κ1) is 22.8. The molecule has 1 saturated heterocycles. The molecule has 2 rings (SSSR count). The summed E-state index contributed by atoms with van der Waals surface area (Å²) in [4.78, 5) is 20.8. The molecule has 0 aliphatic carbocycles. The van der Waals surface area contributed by atoms with Gasteiger partial charge in [0.2, 0.25) is 5.91 Å². The molecule has 162 valence electrons. The first-order chi connectivity index (χ1) is 14.0. The highest BCUT2D eigenvalue weighted by atomic mass is 16.5. The number of carbonyl (C=O) groups is 1. The van der Waals surface area contributed by atoms with E-state index in [1.165, 1.54) is 0 Å². The summed E-state index contributed by atoms with van der Waals surface area (Å²) < 4.78 is 11.0. The monoisotopic (exact) mass is 405 g/mol. The van der Waals surface area contributed by atoms with E-state index < -0.39 is 0 Å². The minimum absolute atomic E-state index is 0.0839. The van der Waals surface area contributed by atoms with Gasteiger partial charge >= 0.3 is 0 Å². The van der Waals surface area contributed by atoms with Crippen molar-refractivity contribution < 1.29 is 14.3 Å². The molecule has 1 aliphatic rings. The molecule has 1 aliphatic heterocycles. The molecule has 8 heteroatoms. The van der Waals surface area contributed by atoms with Gasteiger partial charge < -0.3 is 25.0 Å². The van der Waals surface area contributed by atoms with Crippen molar-refractivity contribution in [3.63, 3.8) is 0 Å². The van der Waals surface area contributed by atoms with Crippen LogP contribution in [0.25, 0.3) is 0 Å². The number of guanidine groups is 1. The van der Waals surface area contributed by atoms with Crippen molar-refractivity contribution in [2.24, 2.45) is 4.99 Å². The van der Waals surface area contributed by atoms with Crippen molar-refractivity contribution in [1.82, 2.24) is 20.4 Å². The number of piperazine rings is 1. The van der Waals surface area contributed by atoms with Gasteiger partial charge in [0, 0.05) is 45.8 Å². The minimum Gasteiger partial charge on any atom is -0.493 e. The van der Waals surface area contributed by atoms with Crippen LogP contribution in [0.15, 0.2) is 23.2 Å². The smallest absolute Gasteiger partial charge is 0.234 e. The number of ether oxygens (including phenoxy) is 2. The van der Waals surface area contributed by atoms with Gasteiger partial charge in [-0.25, -0.2) is 0 Å². The number of nitrogens with one attached hydrogen (secondary N) is 2. The maximum Gasteiger partial charge on any atom is 0.234 e. The van der Waals surface area contributed by atoms with Crippen LogP contribution in [0.4, 0.5) is 0 Å². The molecule has 0 unspecified atom stereocenters. The molecule has 0 spiro atoms. The zero-order valence-corrected chi connectivity index (χ0v) is 18.3. The van der Waals surface area contributed by atoms with Gasteiger partial charge in [0.05, 0.1) is 20.3 Å². The lowest BCUT2D eigenvalue weighted by molar-refractivity contribution is -0.123. The Labute approximate surface area is 174 Å². The molecule has 1 fully saturated rings. The average Bonchev–Trinajstić information content (AvgIpc) is 2.69. The highest BCUT2D eigenvalue weighted by Gasteiger charge is 2.21. The van der Waals surface area contributed by atoms with E-state index in [0.29, 0.717) is 19.7 Å². The Balaban J connectivity index is 1.85. The van der Waals surface area contributed by atoms with Gasteiger partial charge in [0.1, 0.15) is 0 Å². The van der Waals surface area contributed by atoms with Gasteiger partial charge in [-0.3, -0.25) is 14.7 Å². The Bertz CT molecular complexity index is 685. The first-order valence-electron chi connectivity index (χ1n) is 10.2. The molecular weight excluding hydrogens is 370 g/mol. The Morgan fingerprint density at radius 1 is 1.21 bits per heavy atom. The van der Waals surface area contributed by atoms with E-state index in [2.05, 4.69) is 25.4 Å². The molecule has 2 N–H and O–H groups in total. The van der Waals surface area contributed by atoms with Crippen molar-refractivity contribution in [1.29, 1.82) is 0 Å². The van der Waals surface area contributed by atoms with Gasteiger partial charge in [-0.15, -0.1) is 0 Å². The molecule has 1 amide bonds. The molecule has 0 bridgehead atoms. The van der Waals surface area contributed by atoms with Crippen LogP contribution >= 0.6 is 0 Å². The molecule has 0 atom stereocenters. The molecular formula is C21H35N5O3. The normalized spacial score (nSPS) is 15.4. The summed E-state index contributed by atoms with van der Waals surface area (Å²) in [5, 5.41) is 6.37. The van der Waals surface area contributed by atoms with Crippen LogP contribution in [0, 0.1) is 0 Å². The summed E-state index contributed by atoms with van der Waals surface area (Å²) in [6, 6.07) is 6.11. The van der Waals surface area contributed by atoms with Crippen LogP contribution in [0.5, 0.6) is 11.5 Å². The minimum atomic E-state index is 0.0839. The third kappa shape index (κ3) is 7.12. The van der Waals surface area contributed by atoms with Crippen molar-refractivity contribution >= 4 is 11.9 Å². The predicted octanol–water partition coefficient (Wildman–Crippen LogP) is 1.31. The summed E-state index contributed by atoms with van der Waals surface area (Å²) in [7, 11) is 3.44. The van der Waals surface area contributed by atoms with E-state index in [-0.39, 0.29) is 11.9 Å². The van der Waals surface area contributed by atoms with Crippen LogP contribution in [0.1, 0.15) is 26.3 Å². The first-order valence-corrected chi connectivity index (χ1v) is 10.2. The van der Waals surface area contributed by atoms with Gasteiger partial charge in [-0.05, 0) is 38.5 Å². The van der Waals surface area contributed by atoms with E-state index >= 15 is 0 Å². The molecule has 0 radical (unpaired) electrons. The second-order valence-corrected chi connectivity index (χ2v) is 7.30. The van der Waals surface area contributed by atoms with E-state index in [1.807, 2.05) is 39.0 Å². The quantitative estimate of drug-likeness (QED) is 0.502. The third-order valence-electron chi connectivity index (χ3n) is 4.68. The maximum absolute atomic E-state index is 12.0. The lowest BCUT2D eigenvalue weighted by atomic mass is 10.2. The standard InChI is InChI=1S/C21H35N5O3/c1-6-29-19-13-17(7-8-18(19)28-5)14-23-21(22-4)26-11-9-25(10-12-26)15-20(27)24-16(2)3/h7-8,13,16H,6,9-12,14-15H2,1-5H3,(H,22,23)(H,24,27). The Hall–Kier alpha value is -2.48. The third-order valence-corrected chi connectivity index (χ3v) is 4.68. The molecule has 1 aromatic rings. The Morgan fingerprint density at radius 3 is 2.52 bits per heavy atom. The summed E-state index contributed by atoms with van der Waals surface area (Å²) in [6.45, 7) is 10.9. The Kier molecular flexibility index (Phi) is 9.05. The second kappa shape index (κ2) is 11.5. The summed E-state index contributed by atoms with van der Waals surface area (Å²) in [5.41, 5.74) is 1.10. The van der Waals surface area contributed by atoms with E-state index in [9.17, 15) is 4.79 Å². The SMILES string of the molecule is CCOc1cc(CNC(=NC)N2CCN(CC(=O)NC(C)C)CC2)ccc1OC. The van der Waals surface area contributed by atoms with E-state index in [0.717, 1.165) is 49.2 Å². The number of hydrogen-bond donors (Lipinski definition) is 2. The van der Waals surface area contributed by atoms with Gasteiger partial charge in [-0.1, -0.05) is 6.07 Å². The van der Waals surface area contributed by atoms with Gasteiger partial charge in [-0.2, -0.15) is 0 Å². The number of methoxy groups -OCH3 is 1. The number of nitrogens with zero attached hydrogens (tertiary/aromatic N) is 3. The Morgan fingerprint density at radius 2 is 1.93 bits per heavy atom. The number of benzene rings is 1.